The molecule has 0 radical (unpaired) electrons. The van der Waals surface area contributed by atoms with Crippen molar-refractivity contribution in [3.05, 3.63) is 107 Å². The quantitative estimate of drug-likeness (QED) is 0.188. The maximum Gasteiger partial charge on any atom is 0.103 e. The second kappa shape index (κ2) is 11.4. The molecule has 2 aromatic carbocycles. The second-order valence-corrected chi connectivity index (χ2v) is 11.2. The van der Waals surface area contributed by atoms with Crippen LogP contribution < -0.4 is 21.6 Å². The summed E-state index contributed by atoms with van der Waals surface area (Å²) in [6, 6.07) is 20.1. The lowest BCUT2D eigenvalue weighted by atomic mass is 10.0. The van der Waals surface area contributed by atoms with Crippen molar-refractivity contribution in [2.24, 2.45) is 0 Å². The standard InChI is InChI=1S/C31H33ClN8/c1-5-26(20-10-7-6-8-11-20)37-28-22(16-33)18-35-30-24(28)14-23(15-25(30)32)36-29(21-12-9-13-34-17-21)27-19-40(39-38-27)31(2,3)4/h6-15,17-19,26,29,36,38-39H,5H2,1-4H3,(H,35,37)/t26-,29+/m1/s1. The van der Waals surface area contributed by atoms with E-state index >= 15 is 0 Å². The number of fused-ring (bicyclic) bond motifs is 1. The van der Waals surface area contributed by atoms with Crippen LogP contribution in [0.25, 0.3) is 10.9 Å². The first-order chi connectivity index (χ1) is 19.3. The number of hydrogen-bond donors (Lipinski definition) is 4. The fourth-order valence-electron chi connectivity index (χ4n) is 4.75. The zero-order valence-electron chi connectivity index (χ0n) is 23.0. The van der Waals surface area contributed by atoms with Crippen LogP contribution in [0, 0.1) is 11.3 Å². The Balaban J connectivity index is 1.58. The number of nitrogens with one attached hydrogen (secondary N) is 4. The van der Waals surface area contributed by atoms with E-state index < -0.39 is 0 Å². The van der Waals surface area contributed by atoms with Gasteiger partial charge in [-0.05, 0) is 56.5 Å². The van der Waals surface area contributed by atoms with Crippen LogP contribution in [0.2, 0.25) is 5.02 Å². The Bertz CT molecular complexity index is 1560. The Kier molecular flexibility index (Phi) is 7.78. The van der Waals surface area contributed by atoms with Gasteiger partial charge in [0.15, 0.2) is 0 Å². The molecule has 0 saturated heterocycles. The monoisotopic (exact) mass is 552 g/mol. The van der Waals surface area contributed by atoms with Crippen LogP contribution >= 0.6 is 11.6 Å². The van der Waals surface area contributed by atoms with Gasteiger partial charge in [0.1, 0.15) is 6.07 Å². The molecule has 40 heavy (non-hydrogen) atoms. The van der Waals surface area contributed by atoms with Gasteiger partial charge < -0.3 is 16.1 Å². The molecule has 3 heterocycles. The van der Waals surface area contributed by atoms with Crippen molar-refractivity contribution < 1.29 is 0 Å². The first-order valence-electron chi connectivity index (χ1n) is 13.3. The van der Waals surface area contributed by atoms with Crippen LogP contribution in [0.4, 0.5) is 11.4 Å². The van der Waals surface area contributed by atoms with E-state index in [1.54, 1.807) is 12.4 Å². The summed E-state index contributed by atoms with van der Waals surface area (Å²) in [6.45, 7) is 8.51. The number of halogens is 1. The SMILES string of the molecule is CC[C@@H](Nc1c(C#N)cnc2c(Cl)cc(N[C@H](C3=CN(C(C)(C)C)NN3)c3cccnc3)cc12)c1ccccc1. The lowest BCUT2D eigenvalue weighted by Crippen LogP contribution is -2.47. The van der Waals surface area contributed by atoms with E-state index in [9.17, 15) is 5.26 Å². The predicted molar refractivity (Wildman–Crippen MR) is 161 cm³/mol. The third-order valence-electron chi connectivity index (χ3n) is 6.93. The van der Waals surface area contributed by atoms with Crippen LogP contribution in [0.5, 0.6) is 0 Å². The number of hydrogen-bond acceptors (Lipinski definition) is 8. The molecular formula is C31H33ClN8. The molecule has 1 aliphatic heterocycles. The van der Waals surface area contributed by atoms with Gasteiger partial charge in [0.25, 0.3) is 0 Å². The molecule has 4 aromatic rings. The average Bonchev–Trinajstić information content (AvgIpc) is 3.46. The molecule has 0 unspecified atom stereocenters. The van der Waals surface area contributed by atoms with Gasteiger partial charge in [0, 0.05) is 41.4 Å². The van der Waals surface area contributed by atoms with Crippen molar-refractivity contribution in [2.45, 2.75) is 51.7 Å². The molecule has 1 aliphatic rings. The third-order valence-corrected chi connectivity index (χ3v) is 7.21. The lowest BCUT2D eigenvalue weighted by Gasteiger charge is -2.30. The minimum absolute atomic E-state index is 0.0136. The second-order valence-electron chi connectivity index (χ2n) is 10.8. The summed E-state index contributed by atoms with van der Waals surface area (Å²) in [7, 11) is 0. The molecule has 2 aromatic heterocycles. The molecule has 4 N–H and O–H groups in total. The van der Waals surface area contributed by atoms with Crippen LogP contribution in [0.15, 0.2) is 85.1 Å². The molecule has 0 bridgehead atoms. The van der Waals surface area contributed by atoms with Crippen molar-refractivity contribution in [2.75, 3.05) is 10.6 Å². The molecule has 0 amide bonds. The third kappa shape index (κ3) is 5.67. The van der Waals surface area contributed by atoms with Gasteiger partial charge in [-0.1, -0.05) is 54.9 Å². The summed E-state index contributed by atoms with van der Waals surface area (Å²) in [5.74, 6) is 0. The number of pyridine rings is 2. The van der Waals surface area contributed by atoms with Crippen LogP contribution in [-0.4, -0.2) is 20.5 Å². The van der Waals surface area contributed by atoms with E-state index in [2.05, 4.69) is 83.7 Å². The zero-order chi connectivity index (χ0) is 28.3. The van der Waals surface area contributed by atoms with E-state index in [1.807, 2.05) is 53.7 Å². The van der Waals surface area contributed by atoms with Gasteiger partial charge in [-0.2, -0.15) is 5.26 Å². The molecule has 2 atom stereocenters. The summed E-state index contributed by atoms with van der Waals surface area (Å²) in [6.07, 6.45) is 8.08. The van der Waals surface area contributed by atoms with Gasteiger partial charge in [0.2, 0.25) is 0 Å². The highest BCUT2D eigenvalue weighted by molar-refractivity contribution is 6.35. The zero-order valence-corrected chi connectivity index (χ0v) is 23.8. The first kappa shape index (κ1) is 27.3. The number of aromatic nitrogens is 2. The van der Waals surface area contributed by atoms with Gasteiger partial charge in [0.05, 0.1) is 39.6 Å². The Hall–Kier alpha value is -4.32. The number of rotatable bonds is 8. The maximum atomic E-state index is 9.99. The maximum absolute atomic E-state index is 9.99. The Morgan fingerprint density at radius 3 is 2.48 bits per heavy atom. The van der Waals surface area contributed by atoms with Gasteiger partial charge in [-0.3, -0.25) is 15.0 Å². The van der Waals surface area contributed by atoms with Crippen LogP contribution in [0.3, 0.4) is 0 Å². The predicted octanol–water partition coefficient (Wildman–Crippen LogP) is 6.84. The van der Waals surface area contributed by atoms with Crippen molar-refractivity contribution in [3.8, 4) is 6.07 Å². The van der Waals surface area contributed by atoms with E-state index in [1.165, 1.54) is 0 Å². The van der Waals surface area contributed by atoms with Crippen molar-refractivity contribution in [1.82, 2.24) is 25.9 Å². The molecule has 0 aliphatic carbocycles. The molecule has 5 rings (SSSR count). The Morgan fingerprint density at radius 2 is 1.82 bits per heavy atom. The number of nitriles is 1. The van der Waals surface area contributed by atoms with Crippen LogP contribution in [0.1, 0.15) is 62.9 Å². The highest BCUT2D eigenvalue weighted by Crippen LogP contribution is 2.37. The van der Waals surface area contributed by atoms with E-state index in [0.29, 0.717) is 21.8 Å². The van der Waals surface area contributed by atoms with Gasteiger partial charge in [-0.15, -0.1) is 5.53 Å². The average molecular weight is 553 g/mol. The highest BCUT2D eigenvalue weighted by Gasteiger charge is 2.28. The number of nitrogens with zero attached hydrogens (tertiary/aromatic N) is 4. The van der Waals surface area contributed by atoms with E-state index in [-0.39, 0.29) is 17.6 Å². The first-order valence-corrected chi connectivity index (χ1v) is 13.7. The molecule has 9 heteroatoms. The number of benzene rings is 2. The number of hydrazine groups is 2. The van der Waals surface area contributed by atoms with Gasteiger partial charge in [-0.25, -0.2) is 0 Å². The van der Waals surface area contributed by atoms with Crippen molar-refractivity contribution >= 4 is 33.9 Å². The molecule has 0 fully saturated rings. The number of anilines is 2. The molecule has 8 nitrogen and oxygen atoms in total. The smallest absolute Gasteiger partial charge is 0.103 e. The largest absolute Gasteiger partial charge is 0.377 e. The highest BCUT2D eigenvalue weighted by atomic mass is 35.5. The summed E-state index contributed by atoms with van der Waals surface area (Å²) < 4.78 is 0. The minimum Gasteiger partial charge on any atom is -0.377 e. The molecule has 204 valence electrons. The minimum atomic E-state index is -0.252. The van der Waals surface area contributed by atoms with Crippen LogP contribution in [-0.2, 0) is 0 Å². The summed E-state index contributed by atoms with van der Waals surface area (Å²) in [5, 5.41) is 20.6. The fourth-order valence-corrected chi connectivity index (χ4v) is 5.02. The van der Waals surface area contributed by atoms with E-state index in [4.69, 9.17) is 11.6 Å². The Morgan fingerprint density at radius 1 is 1.05 bits per heavy atom. The van der Waals surface area contributed by atoms with Crippen molar-refractivity contribution in [1.29, 1.82) is 5.26 Å². The summed E-state index contributed by atoms with van der Waals surface area (Å²) in [5.41, 5.74) is 12.1. The molecular weight excluding hydrogens is 520 g/mol. The summed E-state index contributed by atoms with van der Waals surface area (Å²) in [4.78, 5) is 8.89. The topological polar surface area (TPSA) is 101 Å². The normalized spacial score (nSPS) is 14.7. The Labute approximate surface area is 240 Å². The molecule has 0 saturated carbocycles. The summed E-state index contributed by atoms with van der Waals surface area (Å²) >= 11 is 6.81. The van der Waals surface area contributed by atoms with Crippen molar-refractivity contribution in [3.63, 3.8) is 0 Å². The molecule has 0 spiro atoms. The fraction of sp³-hybridized carbons (Fsp3) is 0.258. The van der Waals surface area contributed by atoms with Gasteiger partial charge >= 0.3 is 0 Å². The van der Waals surface area contributed by atoms with E-state index in [0.717, 1.165) is 34.3 Å². The lowest BCUT2D eigenvalue weighted by molar-refractivity contribution is 0.138.